The van der Waals surface area contributed by atoms with Crippen molar-refractivity contribution in [2.75, 3.05) is 14.2 Å². The quantitative estimate of drug-likeness (QED) is 0.707. The van der Waals surface area contributed by atoms with E-state index in [0.717, 1.165) is 16.8 Å². The van der Waals surface area contributed by atoms with Crippen molar-refractivity contribution in [1.29, 1.82) is 0 Å². The van der Waals surface area contributed by atoms with Crippen LogP contribution in [0.2, 0.25) is 0 Å². The molecule has 1 N–H and O–H groups in total. The number of nitrogens with one attached hydrogen (secondary N) is 1. The minimum Gasteiger partial charge on any atom is -0.497 e. The van der Waals surface area contributed by atoms with Gasteiger partial charge in [-0.25, -0.2) is 4.98 Å². The second kappa shape index (κ2) is 7.10. The van der Waals surface area contributed by atoms with Crippen LogP contribution < -0.4 is 14.8 Å². The molecule has 1 amide bonds. The largest absolute Gasteiger partial charge is 0.497 e. The van der Waals surface area contributed by atoms with Crippen LogP contribution >= 0.6 is 15.9 Å². The van der Waals surface area contributed by atoms with Gasteiger partial charge in [0.1, 0.15) is 16.1 Å². The average molecular weight is 405 g/mol. The number of hydrogen-bond acceptors (Lipinski definition) is 5. The van der Waals surface area contributed by atoms with E-state index in [2.05, 4.69) is 31.2 Å². The Hall–Kier alpha value is -2.61. The maximum Gasteiger partial charge on any atom is 0.287 e. The maximum absolute atomic E-state index is 12.6. The second-order valence-electron chi connectivity index (χ2n) is 5.37. The molecular formula is C17H17BrN4O3. The van der Waals surface area contributed by atoms with Crippen molar-refractivity contribution in [3.05, 3.63) is 52.3 Å². The molecule has 0 saturated heterocycles. The number of rotatable bonds is 5. The van der Waals surface area contributed by atoms with Crippen molar-refractivity contribution < 1.29 is 14.3 Å². The fraction of sp³-hybridized carbons (Fsp3) is 0.235. The molecule has 0 aliphatic carbocycles. The van der Waals surface area contributed by atoms with Crippen molar-refractivity contribution in [2.45, 2.75) is 13.5 Å². The lowest BCUT2D eigenvalue weighted by Crippen LogP contribution is -2.25. The number of halogens is 1. The first-order valence-corrected chi connectivity index (χ1v) is 8.32. The molecule has 0 aliphatic heterocycles. The Labute approximate surface area is 153 Å². The van der Waals surface area contributed by atoms with Crippen molar-refractivity contribution in [1.82, 2.24) is 19.7 Å². The average Bonchev–Trinajstić information content (AvgIpc) is 2.95. The third kappa shape index (κ3) is 3.43. The van der Waals surface area contributed by atoms with Crippen LogP contribution in [0.25, 0.3) is 5.52 Å². The Balaban J connectivity index is 1.83. The molecule has 25 heavy (non-hydrogen) atoms. The first-order valence-electron chi connectivity index (χ1n) is 7.52. The molecule has 3 aromatic rings. The van der Waals surface area contributed by atoms with E-state index in [-0.39, 0.29) is 5.91 Å². The summed E-state index contributed by atoms with van der Waals surface area (Å²) in [4.78, 5) is 21.1. The van der Waals surface area contributed by atoms with E-state index in [1.807, 2.05) is 19.1 Å². The first-order chi connectivity index (χ1) is 12.0. The highest BCUT2D eigenvalue weighted by Crippen LogP contribution is 2.24. The Bertz CT molecular complexity index is 939. The van der Waals surface area contributed by atoms with Crippen LogP contribution in [0.4, 0.5) is 0 Å². The highest BCUT2D eigenvalue weighted by molar-refractivity contribution is 9.10. The highest BCUT2D eigenvalue weighted by atomic mass is 79.9. The number of imidazole rings is 1. The fourth-order valence-electron chi connectivity index (χ4n) is 2.46. The Morgan fingerprint density at radius 3 is 2.84 bits per heavy atom. The summed E-state index contributed by atoms with van der Waals surface area (Å²) < 4.78 is 12.8. The number of benzene rings is 1. The van der Waals surface area contributed by atoms with Gasteiger partial charge in [0.15, 0.2) is 0 Å². The number of amides is 1. The minimum atomic E-state index is -0.288. The van der Waals surface area contributed by atoms with E-state index in [1.54, 1.807) is 37.1 Å². The van der Waals surface area contributed by atoms with Crippen molar-refractivity contribution in [3.8, 4) is 11.5 Å². The van der Waals surface area contributed by atoms with E-state index in [0.29, 0.717) is 28.5 Å². The maximum atomic E-state index is 12.6. The van der Waals surface area contributed by atoms with Crippen LogP contribution in [0.5, 0.6) is 11.5 Å². The van der Waals surface area contributed by atoms with E-state index in [9.17, 15) is 4.79 Å². The number of aryl methyl sites for hydroxylation is 1. The van der Waals surface area contributed by atoms with Gasteiger partial charge in [0.25, 0.3) is 5.91 Å². The van der Waals surface area contributed by atoms with Gasteiger partial charge < -0.3 is 14.8 Å². The Morgan fingerprint density at radius 1 is 1.32 bits per heavy atom. The molecule has 0 spiro atoms. The molecule has 130 valence electrons. The molecule has 1 aromatic carbocycles. The van der Waals surface area contributed by atoms with Gasteiger partial charge >= 0.3 is 0 Å². The van der Waals surface area contributed by atoms with Gasteiger partial charge in [0.05, 0.1) is 31.6 Å². The number of fused-ring (bicyclic) bond motifs is 1. The molecule has 0 radical (unpaired) electrons. The Morgan fingerprint density at radius 2 is 2.12 bits per heavy atom. The van der Waals surface area contributed by atoms with E-state index >= 15 is 0 Å². The summed E-state index contributed by atoms with van der Waals surface area (Å²) in [6, 6.07) is 5.45. The normalized spacial score (nSPS) is 10.7. The summed E-state index contributed by atoms with van der Waals surface area (Å²) in [7, 11) is 3.17. The third-order valence-electron chi connectivity index (χ3n) is 3.75. The smallest absolute Gasteiger partial charge is 0.287 e. The van der Waals surface area contributed by atoms with Gasteiger partial charge in [-0.3, -0.25) is 14.2 Å². The Kier molecular flexibility index (Phi) is 4.89. The molecule has 8 heteroatoms. The summed E-state index contributed by atoms with van der Waals surface area (Å²) in [5, 5.41) is 2.87. The monoisotopic (exact) mass is 404 g/mol. The lowest BCUT2D eigenvalue weighted by atomic mass is 10.2. The summed E-state index contributed by atoms with van der Waals surface area (Å²) in [6.07, 6.45) is 3.45. The molecule has 3 rings (SSSR count). The van der Waals surface area contributed by atoms with Crippen LogP contribution in [0, 0.1) is 6.92 Å². The van der Waals surface area contributed by atoms with Crippen molar-refractivity contribution in [3.63, 3.8) is 0 Å². The van der Waals surface area contributed by atoms with Gasteiger partial charge in [0, 0.05) is 24.4 Å². The van der Waals surface area contributed by atoms with E-state index < -0.39 is 0 Å². The van der Waals surface area contributed by atoms with Gasteiger partial charge in [-0.2, -0.15) is 0 Å². The summed E-state index contributed by atoms with van der Waals surface area (Å²) in [5.41, 5.74) is 2.37. The third-order valence-corrected chi connectivity index (χ3v) is 4.33. The van der Waals surface area contributed by atoms with Crippen molar-refractivity contribution >= 4 is 27.4 Å². The van der Waals surface area contributed by atoms with E-state index in [1.165, 1.54) is 0 Å². The second-order valence-corrected chi connectivity index (χ2v) is 6.12. The van der Waals surface area contributed by atoms with E-state index in [4.69, 9.17) is 9.47 Å². The molecule has 7 nitrogen and oxygen atoms in total. The fourth-order valence-corrected chi connectivity index (χ4v) is 2.92. The van der Waals surface area contributed by atoms with Gasteiger partial charge in [-0.15, -0.1) is 0 Å². The van der Waals surface area contributed by atoms with Crippen LogP contribution in [-0.4, -0.2) is 34.5 Å². The molecule has 0 atom stereocenters. The standard InChI is InChI=1S/C17H17BrN4O3/c1-10-9-22-13(8-19-10)15(18)21-16(22)17(23)20-7-11-4-5-12(24-2)6-14(11)25-3/h4-6,8-9H,7H2,1-3H3,(H,20,23). The minimum absolute atomic E-state index is 0.288. The summed E-state index contributed by atoms with van der Waals surface area (Å²) in [5.74, 6) is 1.34. The number of nitrogens with zero attached hydrogens (tertiary/aromatic N) is 3. The SMILES string of the molecule is COc1ccc(CNC(=O)c2nc(Br)c3cnc(C)cn23)c(OC)c1. The molecule has 2 aromatic heterocycles. The number of aromatic nitrogens is 3. The zero-order valence-electron chi connectivity index (χ0n) is 14.0. The molecular weight excluding hydrogens is 388 g/mol. The number of ether oxygens (including phenoxy) is 2. The predicted octanol–water partition coefficient (Wildman–Crippen LogP) is 2.75. The molecule has 0 bridgehead atoms. The molecule has 0 fully saturated rings. The number of hydrogen-bond donors (Lipinski definition) is 1. The topological polar surface area (TPSA) is 77.8 Å². The molecule has 0 aliphatic rings. The lowest BCUT2D eigenvalue weighted by molar-refractivity contribution is 0.0939. The van der Waals surface area contributed by atoms with Gasteiger partial charge in [0.2, 0.25) is 5.82 Å². The zero-order valence-corrected chi connectivity index (χ0v) is 15.6. The van der Waals surface area contributed by atoms with Crippen LogP contribution in [0.3, 0.4) is 0 Å². The summed E-state index contributed by atoms with van der Waals surface area (Å²) >= 11 is 3.36. The van der Waals surface area contributed by atoms with Gasteiger partial charge in [-0.1, -0.05) is 0 Å². The van der Waals surface area contributed by atoms with Gasteiger partial charge in [-0.05, 0) is 35.0 Å². The zero-order chi connectivity index (χ0) is 18.0. The van der Waals surface area contributed by atoms with Crippen LogP contribution in [-0.2, 0) is 6.54 Å². The molecule has 2 heterocycles. The number of methoxy groups -OCH3 is 2. The lowest BCUT2D eigenvalue weighted by Gasteiger charge is -2.11. The van der Waals surface area contributed by atoms with Crippen molar-refractivity contribution in [2.24, 2.45) is 0 Å². The number of carbonyl (C=O) groups excluding carboxylic acids is 1. The number of carbonyl (C=O) groups is 1. The highest BCUT2D eigenvalue weighted by Gasteiger charge is 2.17. The molecule has 0 saturated carbocycles. The first kappa shape index (κ1) is 17.2. The predicted molar refractivity (Wildman–Crippen MR) is 96.1 cm³/mol. The van der Waals surface area contributed by atoms with Crippen LogP contribution in [0.15, 0.2) is 35.2 Å². The van der Waals surface area contributed by atoms with Crippen LogP contribution in [0.1, 0.15) is 21.9 Å². The summed E-state index contributed by atoms with van der Waals surface area (Å²) in [6.45, 7) is 2.17. The molecule has 0 unspecified atom stereocenters.